The van der Waals surface area contributed by atoms with Gasteiger partial charge in [-0.15, -0.1) is 0 Å². The number of hydrogen-bond acceptors (Lipinski definition) is 8. The van der Waals surface area contributed by atoms with Gasteiger partial charge in [0, 0.05) is 28.9 Å². The highest BCUT2D eigenvalue weighted by Gasteiger charge is 2.23. The number of hydrogen-bond donors (Lipinski definition) is 2. The molecule has 0 aliphatic heterocycles. The summed E-state index contributed by atoms with van der Waals surface area (Å²) in [6, 6.07) is 9.60. The second-order valence-corrected chi connectivity index (χ2v) is 6.77. The molecule has 0 amide bonds. The van der Waals surface area contributed by atoms with E-state index in [9.17, 15) is 9.65 Å². The van der Waals surface area contributed by atoms with Gasteiger partial charge >= 0.3 is 0 Å². The lowest BCUT2D eigenvalue weighted by atomic mass is 9.97. The number of ether oxygens (including phenoxy) is 1. The molecule has 0 bridgehead atoms. The number of methoxy groups -OCH3 is 1. The Kier molecular flexibility index (Phi) is 5.28. The average molecular weight is 415 g/mol. The summed E-state index contributed by atoms with van der Waals surface area (Å²) in [6.45, 7) is 1.87. The number of aromatic nitrogens is 4. The number of benzene rings is 1. The van der Waals surface area contributed by atoms with Crippen molar-refractivity contribution in [2.24, 2.45) is 0 Å². The van der Waals surface area contributed by atoms with E-state index in [0.717, 1.165) is 5.56 Å². The summed E-state index contributed by atoms with van der Waals surface area (Å²) in [5.74, 6) is 0.460. The van der Waals surface area contributed by atoms with E-state index in [4.69, 9.17) is 15.5 Å². The standard InChI is InChI=1S/C22H18FN7O/c1-12(29-22-16(9-24)21(25)27-11-28-22)19-18(13-4-3-7-26-10-13)20(31-2)15-8-14(23)5-6-17(15)30-19/h3-8,10-12H,1-2H3,(H3,25,27,28,29). The molecule has 4 rings (SSSR count). The van der Waals surface area contributed by atoms with Crippen molar-refractivity contribution in [3.05, 3.63) is 66.1 Å². The first-order valence-corrected chi connectivity index (χ1v) is 9.38. The molecule has 3 aromatic heterocycles. The summed E-state index contributed by atoms with van der Waals surface area (Å²) in [7, 11) is 1.53. The first kappa shape index (κ1) is 20.0. The van der Waals surface area contributed by atoms with Crippen molar-refractivity contribution < 1.29 is 9.13 Å². The third-order valence-electron chi connectivity index (χ3n) is 4.83. The number of nitrogens with zero attached hydrogens (tertiary/aromatic N) is 5. The summed E-state index contributed by atoms with van der Waals surface area (Å²) >= 11 is 0. The molecule has 31 heavy (non-hydrogen) atoms. The summed E-state index contributed by atoms with van der Waals surface area (Å²) < 4.78 is 19.7. The number of nitrogen functional groups attached to an aromatic ring is 1. The Hall–Kier alpha value is -4.32. The Morgan fingerprint density at radius 3 is 2.81 bits per heavy atom. The molecule has 0 saturated carbocycles. The number of rotatable bonds is 5. The highest BCUT2D eigenvalue weighted by Crippen LogP contribution is 2.41. The maximum atomic E-state index is 14.0. The van der Waals surface area contributed by atoms with Gasteiger partial charge in [0.05, 0.1) is 24.4 Å². The van der Waals surface area contributed by atoms with Crippen LogP contribution < -0.4 is 15.8 Å². The zero-order chi connectivity index (χ0) is 22.0. The molecule has 0 aliphatic rings. The van der Waals surface area contributed by atoms with Gasteiger partial charge in [-0.1, -0.05) is 6.07 Å². The molecule has 0 aliphatic carbocycles. The number of nitrogens with one attached hydrogen (secondary N) is 1. The molecule has 1 unspecified atom stereocenters. The van der Waals surface area contributed by atoms with Gasteiger partial charge in [-0.2, -0.15) is 5.26 Å². The average Bonchev–Trinajstić information content (AvgIpc) is 2.78. The predicted octanol–water partition coefficient (Wildman–Crippen LogP) is 3.86. The summed E-state index contributed by atoms with van der Waals surface area (Å²) in [4.78, 5) is 17.0. The van der Waals surface area contributed by atoms with Crippen molar-refractivity contribution in [1.82, 2.24) is 19.9 Å². The molecule has 0 saturated heterocycles. The summed E-state index contributed by atoms with van der Waals surface area (Å²) in [6.07, 6.45) is 4.63. The number of fused-ring (bicyclic) bond motifs is 1. The Morgan fingerprint density at radius 1 is 1.26 bits per heavy atom. The molecular weight excluding hydrogens is 397 g/mol. The number of nitrogens with two attached hydrogens (primary N) is 1. The highest BCUT2D eigenvalue weighted by molar-refractivity contribution is 5.93. The summed E-state index contributed by atoms with van der Waals surface area (Å²) in [5, 5.41) is 13.2. The lowest BCUT2D eigenvalue weighted by molar-refractivity contribution is 0.420. The topological polar surface area (TPSA) is 123 Å². The van der Waals surface area contributed by atoms with E-state index in [1.807, 2.05) is 19.1 Å². The minimum absolute atomic E-state index is 0.0826. The minimum atomic E-state index is -0.417. The lowest BCUT2D eigenvalue weighted by Gasteiger charge is -2.22. The molecule has 9 heteroatoms. The van der Waals surface area contributed by atoms with Crippen LogP contribution in [0.4, 0.5) is 16.0 Å². The molecule has 4 aromatic rings. The largest absolute Gasteiger partial charge is 0.495 e. The molecule has 3 heterocycles. The van der Waals surface area contributed by atoms with Crippen LogP contribution in [0.2, 0.25) is 0 Å². The van der Waals surface area contributed by atoms with Gasteiger partial charge in [-0.25, -0.2) is 19.3 Å². The molecule has 0 spiro atoms. The fraction of sp³-hybridized carbons (Fsp3) is 0.136. The van der Waals surface area contributed by atoms with Crippen LogP contribution >= 0.6 is 0 Å². The number of nitriles is 1. The SMILES string of the molecule is COc1c(-c2cccnc2)c(C(C)Nc2ncnc(N)c2C#N)nc2ccc(F)cc12. The van der Waals surface area contributed by atoms with Crippen LogP contribution in [0, 0.1) is 17.1 Å². The zero-order valence-corrected chi connectivity index (χ0v) is 16.8. The first-order valence-electron chi connectivity index (χ1n) is 9.38. The van der Waals surface area contributed by atoms with Gasteiger partial charge in [-0.3, -0.25) is 4.98 Å². The van der Waals surface area contributed by atoms with E-state index < -0.39 is 11.9 Å². The minimum Gasteiger partial charge on any atom is -0.495 e. The highest BCUT2D eigenvalue weighted by atomic mass is 19.1. The number of pyridine rings is 2. The second kappa shape index (κ2) is 8.20. The van der Waals surface area contributed by atoms with E-state index in [-0.39, 0.29) is 11.4 Å². The Bertz CT molecular complexity index is 1300. The molecule has 8 nitrogen and oxygen atoms in total. The Morgan fingerprint density at radius 2 is 2.10 bits per heavy atom. The van der Waals surface area contributed by atoms with Crippen LogP contribution in [0.1, 0.15) is 24.2 Å². The maximum Gasteiger partial charge on any atom is 0.150 e. The Balaban J connectivity index is 1.94. The van der Waals surface area contributed by atoms with E-state index >= 15 is 0 Å². The monoisotopic (exact) mass is 415 g/mol. The van der Waals surface area contributed by atoms with Crippen molar-refractivity contribution in [3.63, 3.8) is 0 Å². The number of anilines is 2. The smallest absolute Gasteiger partial charge is 0.150 e. The quantitative estimate of drug-likeness (QED) is 0.504. The first-order chi connectivity index (χ1) is 15.0. The fourth-order valence-corrected chi connectivity index (χ4v) is 3.43. The lowest BCUT2D eigenvalue weighted by Crippen LogP contribution is -2.14. The zero-order valence-electron chi connectivity index (χ0n) is 16.8. The Labute approximate surface area is 177 Å². The molecule has 154 valence electrons. The summed E-state index contributed by atoms with van der Waals surface area (Å²) in [5.41, 5.74) is 8.55. The van der Waals surface area contributed by atoms with E-state index in [1.165, 1.54) is 25.6 Å². The fourth-order valence-electron chi connectivity index (χ4n) is 3.43. The van der Waals surface area contributed by atoms with Crippen LogP contribution in [-0.2, 0) is 0 Å². The van der Waals surface area contributed by atoms with Crippen molar-refractivity contribution >= 4 is 22.5 Å². The van der Waals surface area contributed by atoms with E-state index in [1.54, 1.807) is 24.5 Å². The van der Waals surface area contributed by atoms with Gasteiger partial charge in [0.1, 0.15) is 41.2 Å². The van der Waals surface area contributed by atoms with Crippen LogP contribution in [0.15, 0.2) is 49.1 Å². The van der Waals surface area contributed by atoms with Crippen LogP contribution in [-0.4, -0.2) is 27.0 Å². The van der Waals surface area contributed by atoms with E-state index in [0.29, 0.717) is 33.7 Å². The van der Waals surface area contributed by atoms with Crippen molar-refractivity contribution in [1.29, 1.82) is 5.26 Å². The molecule has 0 fully saturated rings. The van der Waals surface area contributed by atoms with Crippen LogP contribution in [0.25, 0.3) is 22.0 Å². The number of halogens is 1. The van der Waals surface area contributed by atoms with Gasteiger partial charge in [0.2, 0.25) is 0 Å². The van der Waals surface area contributed by atoms with Gasteiger partial charge in [0.25, 0.3) is 0 Å². The van der Waals surface area contributed by atoms with Crippen molar-refractivity contribution in [2.45, 2.75) is 13.0 Å². The molecular formula is C22H18FN7O. The van der Waals surface area contributed by atoms with Crippen LogP contribution in [0.5, 0.6) is 5.75 Å². The third kappa shape index (κ3) is 3.67. The van der Waals surface area contributed by atoms with Gasteiger partial charge in [-0.05, 0) is 31.2 Å². The molecule has 3 N–H and O–H groups in total. The molecule has 1 atom stereocenters. The molecule has 1 aromatic carbocycles. The van der Waals surface area contributed by atoms with Crippen LogP contribution in [0.3, 0.4) is 0 Å². The van der Waals surface area contributed by atoms with Gasteiger partial charge < -0.3 is 15.8 Å². The predicted molar refractivity (Wildman–Crippen MR) is 115 cm³/mol. The van der Waals surface area contributed by atoms with Gasteiger partial charge in [0.15, 0.2) is 0 Å². The second-order valence-electron chi connectivity index (χ2n) is 6.77. The van der Waals surface area contributed by atoms with Crippen molar-refractivity contribution in [3.8, 4) is 22.9 Å². The third-order valence-corrected chi connectivity index (χ3v) is 4.83. The normalized spacial score (nSPS) is 11.7. The van der Waals surface area contributed by atoms with E-state index in [2.05, 4.69) is 20.3 Å². The van der Waals surface area contributed by atoms with Crippen molar-refractivity contribution in [2.75, 3.05) is 18.2 Å². The maximum absolute atomic E-state index is 14.0. The molecule has 0 radical (unpaired) electrons.